The van der Waals surface area contributed by atoms with Crippen molar-refractivity contribution in [3.63, 3.8) is 0 Å². The van der Waals surface area contributed by atoms with Crippen LogP contribution in [0.2, 0.25) is 0 Å². The van der Waals surface area contributed by atoms with Crippen LogP contribution in [0.1, 0.15) is 25.0 Å². The minimum atomic E-state index is -0.328. The number of fused-ring (bicyclic) bond motifs is 1. The fourth-order valence-electron chi connectivity index (χ4n) is 3.56. The third kappa shape index (κ3) is 3.26. The molecule has 6 nitrogen and oxygen atoms in total. The van der Waals surface area contributed by atoms with Crippen molar-refractivity contribution in [2.45, 2.75) is 43.6 Å². The molecule has 2 heterocycles. The normalized spacial score (nSPS) is 16.8. The molecule has 0 saturated heterocycles. The highest BCUT2D eigenvalue weighted by atomic mass is 32.2. The van der Waals surface area contributed by atoms with Crippen molar-refractivity contribution in [2.24, 2.45) is 0 Å². The highest BCUT2D eigenvalue weighted by molar-refractivity contribution is 8.00. The molecule has 0 aliphatic carbocycles. The number of benzene rings is 2. The first-order chi connectivity index (χ1) is 13.5. The standard InChI is InChI=1S/C21H23N5OS/c1-13-8-10-16(11-9-13)19-23-24-21(26(19)22)28-15(3)20(27)25-14(2)12-17-6-4-5-7-18(17)25/h4-11,14-15H,12,22H2,1-3H3/t14-,15-/m1/s1. The Bertz CT molecular complexity index is 1010. The van der Waals surface area contributed by atoms with E-state index < -0.39 is 0 Å². The highest BCUT2D eigenvalue weighted by Crippen LogP contribution is 2.34. The van der Waals surface area contributed by atoms with E-state index >= 15 is 0 Å². The molecule has 0 bridgehead atoms. The summed E-state index contributed by atoms with van der Waals surface area (Å²) in [5, 5.41) is 8.62. The predicted molar refractivity (Wildman–Crippen MR) is 113 cm³/mol. The van der Waals surface area contributed by atoms with Gasteiger partial charge in [0.05, 0.1) is 5.25 Å². The fourth-order valence-corrected chi connectivity index (χ4v) is 4.38. The number of carbonyl (C=O) groups is 1. The Kier molecular flexibility index (Phi) is 4.85. The molecule has 7 heteroatoms. The maximum Gasteiger partial charge on any atom is 0.240 e. The van der Waals surface area contributed by atoms with Gasteiger partial charge in [-0.2, -0.15) is 0 Å². The topological polar surface area (TPSA) is 77.0 Å². The van der Waals surface area contributed by atoms with Gasteiger partial charge in [0.1, 0.15) is 0 Å². The Morgan fingerprint density at radius 1 is 1.18 bits per heavy atom. The summed E-state index contributed by atoms with van der Waals surface area (Å²) in [5.41, 5.74) is 4.28. The van der Waals surface area contributed by atoms with Crippen LogP contribution >= 0.6 is 11.8 Å². The summed E-state index contributed by atoms with van der Waals surface area (Å²) >= 11 is 1.33. The lowest BCUT2D eigenvalue weighted by atomic mass is 10.1. The zero-order chi connectivity index (χ0) is 19.8. The van der Waals surface area contributed by atoms with Crippen LogP contribution in [-0.2, 0) is 11.2 Å². The molecule has 144 valence electrons. The van der Waals surface area contributed by atoms with Crippen LogP contribution in [0.25, 0.3) is 11.4 Å². The molecule has 1 aliphatic rings. The molecule has 0 fully saturated rings. The molecular weight excluding hydrogens is 370 g/mol. The van der Waals surface area contributed by atoms with Crippen molar-refractivity contribution in [3.05, 3.63) is 59.7 Å². The lowest BCUT2D eigenvalue weighted by Crippen LogP contribution is -2.40. The smallest absolute Gasteiger partial charge is 0.240 e. The van der Waals surface area contributed by atoms with Gasteiger partial charge < -0.3 is 10.7 Å². The average Bonchev–Trinajstić information content (AvgIpc) is 3.21. The zero-order valence-electron chi connectivity index (χ0n) is 16.2. The number of amides is 1. The molecule has 2 aromatic carbocycles. The van der Waals surface area contributed by atoms with E-state index in [4.69, 9.17) is 5.84 Å². The van der Waals surface area contributed by atoms with Crippen LogP contribution < -0.4 is 10.7 Å². The van der Waals surface area contributed by atoms with Crippen LogP contribution in [0.5, 0.6) is 0 Å². The molecule has 1 amide bonds. The van der Waals surface area contributed by atoms with E-state index in [1.165, 1.54) is 27.6 Å². The zero-order valence-corrected chi connectivity index (χ0v) is 17.0. The molecule has 0 unspecified atom stereocenters. The van der Waals surface area contributed by atoms with Crippen molar-refractivity contribution in [2.75, 3.05) is 10.7 Å². The first-order valence-electron chi connectivity index (χ1n) is 9.31. The number of carbonyl (C=O) groups excluding carboxylic acids is 1. The number of nitrogens with two attached hydrogens (primary N) is 1. The number of aromatic nitrogens is 3. The summed E-state index contributed by atoms with van der Waals surface area (Å²) in [4.78, 5) is 15.0. The molecule has 0 radical (unpaired) electrons. The summed E-state index contributed by atoms with van der Waals surface area (Å²) in [7, 11) is 0. The van der Waals surface area contributed by atoms with Crippen LogP contribution in [0.15, 0.2) is 53.7 Å². The monoisotopic (exact) mass is 393 g/mol. The first-order valence-corrected chi connectivity index (χ1v) is 10.2. The van der Waals surface area contributed by atoms with Gasteiger partial charge in [-0.05, 0) is 38.8 Å². The molecule has 1 aliphatic heterocycles. The van der Waals surface area contributed by atoms with Crippen molar-refractivity contribution in [3.8, 4) is 11.4 Å². The fraction of sp³-hybridized carbons (Fsp3) is 0.286. The summed E-state index contributed by atoms with van der Waals surface area (Å²) in [6.45, 7) is 6.00. The number of aryl methyl sites for hydroxylation is 1. The van der Waals surface area contributed by atoms with Crippen LogP contribution in [0.4, 0.5) is 5.69 Å². The quantitative estimate of drug-likeness (QED) is 0.543. The molecule has 2 atom stereocenters. The number of nitrogen functional groups attached to an aromatic ring is 1. The number of hydrogen-bond acceptors (Lipinski definition) is 5. The number of para-hydroxylation sites is 1. The number of hydrogen-bond donors (Lipinski definition) is 1. The van der Waals surface area contributed by atoms with Crippen molar-refractivity contribution in [1.29, 1.82) is 0 Å². The van der Waals surface area contributed by atoms with Gasteiger partial charge in [0.2, 0.25) is 11.1 Å². The molecular formula is C21H23N5OS. The maximum absolute atomic E-state index is 13.2. The molecule has 2 N–H and O–H groups in total. The van der Waals surface area contributed by atoms with Crippen LogP contribution in [0.3, 0.4) is 0 Å². The van der Waals surface area contributed by atoms with E-state index in [2.05, 4.69) is 23.2 Å². The van der Waals surface area contributed by atoms with E-state index in [1.807, 2.05) is 61.2 Å². The van der Waals surface area contributed by atoms with Crippen LogP contribution in [0, 0.1) is 6.92 Å². The Morgan fingerprint density at radius 2 is 1.89 bits per heavy atom. The van der Waals surface area contributed by atoms with Gasteiger partial charge in [-0.3, -0.25) is 4.79 Å². The van der Waals surface area contributed by atoms with E-state index in [0.717, 1.165) is 17.7 Å². The second-order valence-corrected chi connectivity index (χ2v) is 8.50. The third-order valence-electron chi connectivity index (χ3n) is 5.05. The minimum Gasteiger partial charge on any atom is -0.335 e. The molecule has 0 spiro atoms. The molecule has 3 aromatic rings. The summed E-state index contributed by atoms with van der Waals surface area (Å²) < 4.78 is 1.46. The average molecular weight is 394 g/mol. The Morgan fingerprint density at radius 3 is 2.64 bits per heavy atom. The van der Waals surface area contributed by atoms with Gasteiger partial charge in [-0.25, -0.2) is 4.68 Å². The Balaban J connectivity index is 1.53. The van der Waals surface area contributed by atoms with E-state index in [-0.39, 0.29) is 17.2 Å². The van der Waals surface area contributed by atoms with Crippen molar-refractivity contribution < 1.29 is 4.79 Å². The Hall–Kier alpha value is -2.80. The summed E-state index contributed by atoms with van der Waals surface area (Å²) in [6, 6.07) is 16.2. The summed E-state index contributed by atoms with van der Waals surface area (Å²) in [6.07, 6.45) is 0.879. The molecule has 4 rings (SSSR count). The number of rotatable bonds is 4. The number of thioether (sulfide) groups is 1. The lowest BCUT2D eigenvalue weighted by Gasteiger charge is -2.25. The largest absolute Gasteiger partial charge is 0.335 e. The SMILES string of the molecule is Cc1ccc(-c2nnc(S[C@H](C)C(=O)N3c4ccccc4C[C@H]3C)n2N)cc1. The van der Waals surface area contributed by atoms with Crippen molar-refractivity contribution in [1.82, 2.24) is 14.9 Å². The predicted octanol–water partition coefficient (Wildman–Crippen LogP) is 3.43. The van der Waals surface area contributed by atoms with Gasteiger partial charge in [-0.15, -0.1) is 10.2 Å². The second kappa shape index (κ2) is 7.31. The molecule has 0 saturated carbocycles. The lowest BCUT2D eigenvalue weighted by molar-refractivity contribution is -0.118. The van der Waals surface area contributed by atoms with E-state index in [9.17, 15) is 4.79 Å². The van der Waals surface area contributed by atoms with E-state index in [1.54, 1.807) is 0 Å². The van der Waals surface area contributed by atoms with Gasteiger partial charge in [-0.1, -0.05) is 59.8 Å². The van der Waals surface area contributed by atoms with E-state index in [0.29, 0.717) is 11.0 Å². The van der Waals surface area contributed by atoms with Crippen molar-refractivity contribution >= 4 is 23.4 Å². The highest BCUT2D eigenvalue weighted by Gasteiger charge is 2.34. The van der Waals surface area contributed by atoms with Gasteiger partial charge in [0.15, 0.2) is 5.82 Å². The second-order valence-electron chi connectivity index (χ2n) is 7.19. The number of anilines is 1. The van der Waals surface area contributed by atoms with Gasteiger partial charge >= 0.3 is 0 Å². The third-order valence-corrected chi connectivity index (χ3v) is 6.09. The molecule has 1 aromatic heterocycles. The van der Waals surface area contributed by atoms with Crippen LogP contribution in [-0.4, -0.2) is 32.1 Å². The van der Waals surface area contributed by atoms with Gasteiger partial charge in [0.25, 0.3) is 0 Å². The number of nitrogens with zero attached hydrogens (tertiary/aromatic N) is 4. The Labute approximate surface area is 168 Å². The maximum atomic E-state index is 13.2. The first kappa shape index (κ1) is 18.6. The molecule has 28 heavy (non-hydrogen) atoms. The van der Waals surface area contributed by atoms with Gasteiger partial charge in [0, 0.05) is 17.3 Å². The summed E-state index contributed by atoms with van der Waals surface area (Å²) in [5.74, 6) is 6.87. The minimum absolute atomic E-state index is 0.0577.